The molecule has 0 radical (unpaired) electrons. The van der Waals surface area contributed by atoms with Gasteiger partial charge >= 0.3 is 0 Å². The van der Waals surface area contributed by atoms with E-state index in [2.05, 4.69) is 45.6 Å². The number of piperidine rings is 2. The van der Waals surface area contributed by atoms with Crippen LogP contribution in [0.25, 0.3) is 0 Å². The lowest BCUT2D eigenvalue weighted by Gasteiger charge is -2.42. The lowest BCUT2D eigenvalue weighted by atomic mass is 9.84. The van der Waals surface area contributed by atoms with E-state index >= 15 is 0 Å². The minimum Gasteiger partial charge on any atom is -0.341 e. The van der Waals surface area contributed by atoms with Gasteiger partial charge in [0.1, 0.15) is 5.54 Å². The molecule has 1 N–H and O–H groups in total. The normalized spacial score (nSPS) is 20.5. The Bertz CT molecular complexity index is 714. The van der Waals surface area contributed by atoms with Gasteiger partial charge in [-0.15, -0.1) is 0 Å². The minimum atomic E-state index is -0.494. The average molecular weight is 367 g/mol. The lowest BCUT2D eigenvalue weighted by Crippen LogP contribution is -2.57. The van der Waals surface area contributed by atoms with Crippen LogP contribution in [0.4, 0.5) is 0 Å². The quantitative estimate of drug-likeness (QED) is 0.885. The van der Waals surface area contributed by atoms with Crippen LogP contribution in [0.2, 0.25) is 0 Å². The topological polar surface area (TPSA) is 50.2 Å². The van der Waals surface area contributed by atoms with Gasteiger partial charge in [0.15, 0.2) is 0 Å². The van der Waals surface area contributed by atoms with Crippen molar-refractivity contribution in [1.29, 1.82) is 0 Å². The Kier molecular flexibility index (Phi) is 5.58. The van der Waals surface area contributed by atoms with Gasteiger partial charge in [0.2, 0.25) is 0 Å². The van der Waals surface area contributed by atoms with E-state index in [9.17, 15) is 4.79 Å². The number of aromatic nitrogens is 2. The second-order valence-electron chi connectivity index (χ2n) is 7.99. The van der Waals surface area contributed by atoms with Gasteiger partial charge in [-0.1, -0.05) is 30.3 Å². The molecule has 5 heteroatoms. The number of hydrogen-bond acceptors (Lipinski definition) is 3. The summed E-state index contributed by atoms with van der Waals surface area (Å²) in [6, 6.07) is 12.7. The molecule has 1 aromatic carbocycles. The summed E-state index contributed by atoms with van der Waals surface area (Å²) in [6.45, 7) is 3.52. The van der Waals surface area contributed by atoms with Crippen molar-refractivity contribution < 1.29 is 4.79 Å². The first-order valence-electron chi connectivity index (χ1n) is 10.3. The molecule has 4 rings (SSSR count). The Hall–Kier alpha value is -2.14. The van der Waals surface area contributed by atoms with Gasteiger partial charge in [-0.3, -0.25) is 9.48 Å². The Morgan fingerprint density at radius 2 is 1.85 bits per heavy atom. The molecule has 2 aromatic rings. The van der Waals surface area contributed by atoms with Crippen molar-refractivity contribution >= 4 is 5.91 Å². The Morgan fingerprint density at radius 1 is 1.11 bits per heavy atom. The van der Waals surface area contributed by atoms with Crippen LogP contribution in [0.3, 0.4) is 0 Å². The van der Waals surface area contributed by atoms with Gasteiger partial charge < -0.3 is 10.2 Å². The van der Waals surface area contributed by atoms with E-state index in [-0.39, 0.29) is 5.91 Å². The van der Waals surface area contributed by atoms with Crippen LogP contribution < -0.4 is 5.32 Å². The molecule has 5 nitrogen and oxygen atoms in total. The number of benzene rings is 1. The Morgan fingerprint density at radius 3 is 2.52 bits per heavy atom. The molecule has 2 aliphatic heterocycles. The molecular weight excluding hydrogens is 336 g/mol. The molecule has 0 aliphatic carbocycles. The van der Waals surface area contributed by atoms with Gasteiger partial charge in [-0.05, 0) is 69.2 Å². The number of amides is 1. The summed E-state index contributed by atoms with van der Waals surface area (Å²) in [7, 11) is 0. The molecule has 1 amide bonds. The van der Waals surface area contributed by atoms with Crippen molar-refractivity contribution in [2.75, 3.05) is 26.2 Å². The fourth-order valence-corrected chi connectivity index (χ4v) is 4.64. The van der Waals surface area contributed by atoms with Gasteiger partial charge in [0.05, 0.1) is 0 Å². The summed E-state index contributed by atoms with van der Waals surface area (Å²) in [5, 5.41) is 7.83. The Balaban J connectivity index is 1.36. The van der Waals surface area contributed by atoms with E-state index in [1.54, 1.807) is 6.20 Å². The minimum absolute atomic E-state index is 0.272. The zero-order chi connectivity index (χ0) is 18.5. The van der Waals surface area contributed by atoms with Crippen LogP contribution in [0, 0.1) is 5.92 Å². The second kappa shape index (κ2) is 8.26. The zero-order valence-electron chi connectivity index (χ0n) is 16.0. The van der Waals surface area contributed by atoms with E-state index in [0.29, 0.717) is 0 Å². The van der Waals surface area contributed by atoms with E-state index in [1.807, 2.05) is 16.9 Å². The predicted octanol–water partition coefficient (Wildman–Crippen LogP) is 2.83. The molecule has 0 saturated carbocycles. The monoisotopic (exact) mass is 366 g/mol. The second-order valence-corrected chi connectivity index (χ2v) is 7.99. The van der Waals surface area contributed by atoms with Crippen LogP contribution in [-0.2, 0) is 16.8 Å². The third-order valence-corrected chi connectivity index (χ3v) is 6.36. The van der Waals surface area contributed by atoms with Gasteiger partial charge in [0, 0.05) is 25.5 Å². The molecule has 2 saturated heterocycles. The van der Waals surface area contributed by atoms with Crippen LogP contribution in [-0.4, -0.2) is 46.8 Å². The molecule has 0 bridgehead atoms. The number of aryl methyl sites for hydroxylation is 1. The number of carbonyl (C=O) groups excluding carboxylic acids is 1. The van der Waals surface area contributed by atoms with Crippen molar-refractivity contribution in [3.8, 4) is 0 Å². The van der Waals surface area contributed by atoms with Gasteiger partial charge in [0.25, 0.3) is 5.91 Å². The SMILES string of the molecule is O=C(N1CCC(CCc2ccccc2)CC1)C1(n2cccn2)CCNCC1. The van der Waals surface area contributed by atoms with Gasteiger partial charge in [-0.25, -0.2) is 0 Å². The first kappa shape index (κ1) is 18.2. The van der Waals surface area contributed by atoms with Crippen molar-refractivity contribution in [3.63, 3.8) is 0 Å². The third kappa shape index (κ3) is 3.93. The predicted molar refractivity (Wildman–Crippen MR) is 106 cm³/mol. The number of likely N-dealkylation sites (tertiary alicyclic amines) is 1. The number of hydrogen-bond donors (Lipinski definition) is 1. The molecule has 2 aliphatic rings. The lowest BCUT2D eigenvalue weighted by molar-refractivity contribution is -0.144. The Labute approximate surface area is 161 Å². The summed E-state index contributed by atoms with van der Waals surface area (Å²) < 4.78 is 1.91. The summed E-state index contributed by atoms with van der Waals surface area (Å²) in [4.78, 5) is 15.6. The van der Waals surface area contributed by atoms with Crippen molar-refractivity contribution in [1.82, 2.24) is 20.0 Å². The number of carbonyl (C=O) groups is 1. The first-order chi connectivity index (χ1) is 13.3. The smallest absolute Gasteiger partial charge is 0.250 e. The molecular formula is C22H30N4O. The fraction of sp³-hybridized carbons (Fsp3) is 0.545. The summed E-state index contributed by atoms with van der Waals surface area (Å²) in [5.41, 5.74) is 0.925. The molecule has 144 valence electrons. The van der Waals surface area contributed by atoms with Gasteiger partial charge in [-0.2, -0.15) is 5.10 Å². The number of nitrogens with one attached hydrogen (secondary N) is 1. The standard InChI is InChI=1S/C22H30N4O/c27-21(22(11-14-23-15-12-22)26-16-4-13-24-26)25-17-9-20(10-18-25)8-7-19-5-2-1-3-6-19/h1-6,13,16,20,23H,7-12,14-15,17-18H2. The zero-order valence-corrected chi connectivity index (χ0v) is 16.0. The van der Waals surface area contributed by atoms with Crippen LogP contribution in [0.1, 0.15) is 37.7 Å². The van der Waals surface area contributed by atoms with Crippen molar-refractivity contribution in [2.24, 2.45) is 5.92 Å². The molecule has 0 atom stereocenters. The molecule has 0 unspecified atom stereocenters. The maximum Gasteiger partial charge on any atom is 0.250 e. The highest BCUT2D eigenvalue weighted by Gasteiger charge is 2.44. The highest BCUT2D eigenvalue weighted by atomic mass is 16.2. The molecule has 3 heterocycles. The maximum absolute atomic E-state index is 13.5. The first-order valence-corrected chi connectivity index (χ1v) is 10.3. The van der Waals surface area contributed by atoms with Crippen LogP contribution in [0.15, 0.2) is 48.8 Å². The largest absolute Gasteiger partial charge is 0.341 e. The highest BCUT2D eigenvalue weighted by molar-refractivity contribution is 5.84. The van der Waals surface area contributed by atoms with E-state index < -0.39 is 5.54 Å². The number of nitrogens with zero attached hydrogens (tertiary/aromatic N) is 3. The highest BCUT2D eigenvalue weighted by Crippen LogP contribution is 2.32. The molecule has 0 spiro atoms. The van der Waals surface area contributed by atoms with Crippen LogP contribution >= 0.6 is 0 Å². The molecule has 2 fully saturated rings. The molecule has 27 heavy (non-hydrogen) atoms. The van der Waals surface area contributed by atoms with E-state index in [4.69, 9.17) is 0 Å². The summed E-state index contributed by atoms with van der Waals surface area (Å²) in [5.74, 6) is 0.997. The number of rotatable bonds is 5. The van der Waals surface area contributed by atoms with Crippen molar-refractivity contribution in [2.45, 2.75) is 44.1 Å². The van der Waals surface area contributed by atoms with E-state index in [1.165, 1.54) is 12.0 Å². The van der Waals surface area contributed by atoms with E-state index in [0.717, 1.165) is 64.2 Å². The third-order valence-electron chi connectivity index (χ3n) is 6.36. The average Bonchev–Trinajstić information content (AvgIpc) is 3.29. The summed E-state index contributed by atoms with van der Waals surface area (Å²) in [6.07, 6.45) is 9.98. The van der Waals surface area contributed by atoms with Crippen LogP contribution in [0.5, 0.6) is 0 Å². The summed E-state index contributed by atoms with van der Waals surface area (Å²) >= 11 is 0. The molecule has 1 aromatic heterocycles. The van der Waals surface area contributed by atoms with Crippen molar-refractivity contribution in [3.05, 3.63) is 54.4 Å². The fourth-order valence-electron chi connectivity index (χ4n) is 4.64. The maximum atomic E-state index is 13.5.